The first-order valence-electron chi connectivity index (χ1n) is 7.59. The highest BCUT2D eigenvalue weighted by Crippen LogP contribution is 2.31. The molecule has 2 rings (SSSR count). The summed E-state index contributed by atoms with van der Waals surface area (Å²) in [5.74, 6) is -1.46. The summed E-state index contributed by atoms with van der Waals surface area (Å²) in [6.07, 6.45) is -6.28. The summed E-state index contributed by atoms with van der Waals surface area (Å²) in [4.78, 5) is 11.2. The second kappa shape index (κ2) is 7.67. The Bertz CT molecular complexity index is 702. The van der Waals surface area contributed by atoms with Crippen LogP contribution in [0.1, 0.15) is 35.7 Å². The molecule has 0 heterocycles. The van der Waals surface area contributed by atoms with Gasteiger partial charge in [-0.3, -0.25) is 0 Å². The predicted octanol–water partition coefficient (Wildman–Crippen LogP) is 3.54. The van der Waals surface area contributed by atoms with Gasteiger partial charge in [0.25, 0.3) is 0 Å². The van der Waals surface area contributed by atoms with Gasteiger partial charge in [-0.15, -0.1) is 0 Å². The number of alkyl halides is 3. The minimum Gasteiger partial charge on any atom is -0.479 e. The molecule has 3 atom stereocenters. The molecule has 0 spiro atoms. The first-order chi connectivity index (χ1) is 11.7. The van der Waals surface area contributed by atoms with Crippen molar-refractivity contribution in [3.05, 3.63) is 71.3 Å². The lowest BCUT2D eigenvalue weighted by atomic mass is 9.97. The van der Waals surface area contributed by atoms with E-state index in [-0.39, 0.29) is 11.6 Å². The Morgan fingerprint density at radius 1 is 1.00 bits per heavy atom. The standard InChI is InChI=1S/C18H18F3NO3/c1-11(12-5-3-2-4-6-12)22-15(16(23)17(24)25)13-7-9-14(10-8-13)18(19,20)21/h2-11,15-16,22-23H,1H3,(H,24,25)/t11-,15-,16+/m0/s1. The summed E-state index contributed by atoms with van der Waals surface area (Å²) < 4.78 is 38.0. The fourth-order valence-corrected chi connectivity index (χ4v) is 2.50. The SMILES string of the molecule is C[C@H](N[C@@H](c1ccc(C(F)(F)F)cc1)[C@@H](O)C(=O)O)c1ccccc1. The first kappa shape index (κ1) is 19.0. The molecule has 0 bridgehead atoms. The summed E-state index contributed by atoms with van der Waals surface area (Å²) in [5.41, 5.74) is 0.276. The third-order valence-electron chi connectivity index (χ3n) is 3.90. The van der Waals surface area contributed by atoms with Crippen molar-refractivity contribution in [2.24, 2.45) is 0 Å². The Labute approximate surface area is 142 Å². The van der Waals surface area contributed by atoms with Gasteiger partial charge in [0.1, 0.15) is 0 Å². The fourth-order valence-electron chi connectivity index (χ4n) is 2.50. The van der Waals surface area contributed by atoms with E-state index in [1.54, 1.807) is 6.92 Å². The molecule has 0 aliphatic rings. The van der Waals surface area contributed by atoms with Crippen LogP contribution in [-0.2, 0) is 11.0 Å². The molecular weight excluding hydrogens is 335 g/mol. The van der Waals surface area contributed by atoms with Crippen LogP contribution in [0.5, 0.6) is 0 Å². The van der Waals surface area contributed by atoms with Crippen LogP contribution in [0.3, 0.4) is 0 Å². The van der Waals surface area contributed by atoms with Crippen LogP contribution < -0.4 is 5.32 Å². The highest BCUT2D eigenvalue weighted by molar-refractivity contribution is 5.73. The van der Waals surface area contributed by atoms with Gasteiger partial charge in [-0.05, 0) is 30.2 Å². The van der Waals surface area contributed by atoms with E-state index in [4.69, 9.17) is 5.11 Å². The summed E-state index contributed by atoms with van der Waals surface area (Å²) in [5, 5.41) is 22.1. The van der Waals surface area contributed by atoms with Gasteiger partial charge in [-0.2, -0.15) is 13.2 Å². The zero-order valence-electron chi connectivity index (χ0n) is 13.4. The molecule has 0 aromatic heterocycles. The van der Waals surface area contributed by atoms with Gasteiger partial charge in [0.05, 0.1) is 11.6 Å². The molecule has 0 aliphatic carbocycles. The fraction of sp³-hybridized carbons (Fsp3) is 0.278. The Hall–Kier alpha value is -2.38. The minimum absolute atomic E-state index is 0.255. The summed E-state index contributed by atoms with van der Waals surface area (Å²) in [6, 6.07) is 11.8. The first-order valence-corrected chi connectivity index (χ1v) is 7.59. The number of aliphatic hydroxyl groups excluding tert-OH is 1. The van der Waals surface area contributed by atoms with Crippen molar-refractivity contribution in [3.63, 3.8) is 0 Å². The summed E-state index contributed by atoms with van der Waals surface area (Å²) in [6.45, 7) is 1.78. The van der Waals surface area contributed by atoms with E-state index in [0.29, 0.717) is 0 Å². The van der Waals surface area contributed by atoms with Gasteiger partial charge in [0, 0.05) is 6.04 Å². The Kier molecular flexibility index (Phi) is 5.81. The Morgan fingerprint density at radius 2 is 1.56 bits per heavy atom. The molecule has 0 fully saturated rings. The number of aliphatic carboxylic acids is 1. The number of rotatable bonds is 6. The van der Waals surface area contributed by atoms with Gasteiger partial charge >= 0.3 is 12.1 Å². The quantitative estimate of drug-likeness (QED) is 0.743. The van der Waals surface area contributed by atoms with Gasteiger partial charge in [0.2, 0.25) is 0 Å². The van der Waals surface area contributed by atoms with Crippen LogP contribution >= 0.6 is 0 Å². The van der Waals surface area contributed by atoms with Crippen molar-refractivity contribution < 1.29 is 28.2 Å². The smallest absolute Gasteiger partial charge is 0.416 e. The van der Waals surface area contributed by atoms with E-state index in [1.165, 1.54) is 12.1 Å². The number of halogens is 3. The van der Waals surface area contributed by atoms with Crippen LogP contribution in [0.15, 0.2) is 54.6 Å². The second-order valence-electron chi connectivity index (χ2n) is 5.68. The molecule has 3 N–H and O–H groups in total. The zero-order valence-corrected chi connectivity index (χ0v) is 13.4. The van der Waals surface area contributed by atoms with Crippen molar-refractivity contribution in [2.45, 2.75) is 31.3 Å². The molecule has 0 unspecified atom stereocenters. The highest BCUT2D eigenvalue weighted by atomic mass is 19.4. The maximum Gasteiger partial charge on any atom is 0.416 e. The normalized spacial score (nSPS) is 15.4. The van der Waals surface area contributed by atoms with Crippen LogP contribution in [0.25, 0.3) is 0 Å². The van der Waals surface area contributed by atoms with Crippen molar-refractivity contribution in [2.75, 3.05) is 0 Å². The van der Waals surface area contributed by atoms with E-state index in [9.17, 15) is 23.1 Å². The monoisotopic (exact) mass is 353 g/mol. The maximum absolute atomic E-state index is 12.7. The number of carboxylic acids is 1. The molecule has 0 saturated carbocycles. The van der Waals surface area contributed by atoms with E-state index < -0.39 is 29.9 Å². The maximum atomic E-state index is 12.7. The molecule has 2 aromatic carbocycles. The largest absolute Gasteiger partial charge is 0.479 e. The molecule has 0 amide bonds. The van der Waals surface area contributed by atoms with Crippen LogP contribution in [0.2, 0.25) is 0 Å². The van der Waals surface area contributed by atoms with Gasteiger partial charge in [0.15, 0.2) is 6.10 Å². The molecule has 134 valence electrons. The topological polar surface area (TPSA) is 69.6 Å². The minimum atomic E-state index is -4.48. The molecule has 4 nitrogen and oxygen atoms in total. The Balaban J connectivity index is 2.28. The number of benzene rings is 2. The second-order valence-corrected chi connectivity index (χ2v) is 5.68. The number of hydrogen-bond acceptors (Lipinski definition) is 3. The zero-order chi connectivity index (χ0) is 18.6. The van der Waals surface area contributed by atoms with E-state index in [1.807, 2.05) is 30.3 Å². The summed E-state index contributed by atoms with van der Waals surface area (Å²) in [7, 11) is 0. The third-order valence-corrected chi connectivity index (χ3v) is 3.90. The average Bonchev–Trinajstić information content (AvgIpc) is 2.59. The van der Waals surface area contributed by atoms with Crippen molar-refractivity contribution in [1.29, 1.82) is 0 Å². The van der Waals surface area contributed by atoms with Crippen molar-refractivity contribution in [1.82, 2.24) is 5.32 Å². The number of carbonyl (C=O) groups is 1. The Morgan fingerprint density at radius 3 is 2.04 bits per heavy atom. The van der Waals surface area contributed by atoms with Crippen molar-refractivity contribution in [3.8, 4) is 0 Å². The summed E-state index contributed by atoms with van der Waals surface area (Å²) >= 11 is 0. The van der Waals surface area contributed by atoms with Gasteiger partial charge in [-0.1, -0.05) is 42.5 Å². The molecule has 0 aliphatic heterocycles. The lowest BCUT2D eigenvalue weighted by molar-refractivity contribution is -0.148. The van der Waals surface area contributed by atoms with Crippen molar-refractivity contribution >= 4 is 5.97 Å². The number of hydrogen-bond donors (Lipinski definition) is 3. The third kappa shape index (κ3) is 4.80. The predicted molar refractivity (Wildman–Crippen MR) is 85.8 cm³/mol. The molecular formula is C18H18F3NO3. The van der Waals surface area contributed by atoms with Crippen LogP contribution in [0.4, 0.5) is 13.2 Å². The van der Waals surface area contributed by atoms with E-state index >= 15 is 0 Å². The molecule has 25 heavy (non-hydrogen) atoms. The average molecular weight is 353 g/mol. The number of aliphatic hydroxyl groups is 1. The lowest BCUT2D eigenvalue weighted by Gasteiger charge is -2.26. The lowest BCUT2D eigenvalue weighted by Crippen LogP contribution is -2.38. The van der Waals surface area contributed by atoms with Gasteiger partial charge in [-0.25, -0.2) is 4.79 Å². The molecule has 0 radical (unpaired) electrons. The van der Waals surface area contributed by atoms with E-state index in [2.05, 4.69) is 5.32 Å². The highest BCUT2D eigenvalue weighted by Gasteiger charge is 2.32. The van der Waals surface area contributed by atoms with Crippen LogP contribution in [0, 0.1) is 0 Å². The van der Waals surface area contributed by atoms with E-state index in [0.717, 1.165) is 17.7 Å². The number of carboxylic acid groups (broad SMARTS) is 1. The molecule has 2 aromatic rings. The van der Waals surface area contributed by atoms with Crippen LogP contribution in [-0.4, -0.2) is 22.3 Å². The molecule has 0 saturated heterocycles. The number of nitrogens with one attached hydrogen (secondary N) is 1. The van der Waals surface area contributed by atoms with Gasteiger partial charge < -0.3 is 15.5 Å². The molecule has 7 heteroatoms.